The van der Waals surface area contributed by atoms with Crippen LogP contribution in [0.3, 0.4) is 0 Å². The highest BCUT2D eigenvalue weighted by Gasteiger charge is 2.20. The number of amides is 1. The van der Waals surface area contributed by atoms with Crippen molar-refractivity contribution in [2.75, 3.05) is 5.75 Å². The van der Waals surface area contributed by atoms with Gasteiger partial charge in [0.05, 0.1) is 11.8 Å². The van der Waals surface area contributed by atoms with E-state index >= 15 is 0 Å². The lowest BCUT2D eigenvalue weighted by Gasteiger charge is -2.19. The Kier molecular flexibility index (Phi) is 5.01. The van der Waals surface area contributed by atoms with Crippen molar-refractivity contribution in [3.63, 3.8) is 0 Å². The van der Waals surface area contributed by atoms with E-state index in [1.54, 1.807) is 0 Å². The monoisotopic (exact) mass is 306 g/mol. The molecule has 1 amide bonds. The Morgan fingerprint density at radius 3 is 2.67 bits per heavy atom. The van der Waals surface area contributed by atoms with Crippen molar-refractivity contribution in [1.82, 2.24) is 10.3 Å². The molecular formula is C15H18N2O3S. The van der Waals surface area contributed by atoms with Gasteiger partial charge in [0.1, 0.15) is 5.52 Å². The summed E-state index contributed by atoms with van der Waals surface area (Å²) in [4.78, 5) is 27.6. The molecule has 0 radical (unpaired) electrons. The lowest BCUT2D eigenvalue weighted by molar-refractivity contribution is -0.126. The highest BCUT2D eigenvalue weighted by Crippen LogP contribution is 2.22. The van der Waals surface area contributed by atoms with Crippen LogP contribution in [0, 0.1) is 5.92 Å². The molecule has 1 aromatic carbocycles. The first-order valence-electron chi connectivity index (χ1n) is 6.75. The SMILES string of the molecule is CC(=O)C(NC(=O)CSc1nc2ccccc2o1)C(C)C. The Hall–Kier alpha value is -1.82. The Morgan fingerprint density at radius 1 is 1.33 bits per heavy atom. The van der Waals surface area contributed by atoms with Gasteiger partial charge in [-0.2, -0.15) is 0 Å². The van der Waals surface area contributed by atoms with Crippen LogP contribution in [0.25, 0.3) is 11.1 Å². The van der Waals surface area contributed by atoms with Gasteiger partial charge in [-0.15, -0.1) is 0 Å². The highest BCUT2D eigenvalue weighted by molar-refractivity contribution is 7.99. The first kappa shape index (κ1) is 15.6. The van der Waals surface area contributed by atoms with Crippen LogP contribution in [-0.2, 0) is 9.59 Å². The second-order valence-electron chi connectivity index (χ2n) is 5.14. The van der Waals surface area contributed by atoms with Gasteiger partial charge in [-0.25, -0.2) is 4.98 Å². The van der Waals surface area contributed by atoms with Gasteiger partial charge in [-0.05, 0) is 25.0 Å². The van der Waals surface area contributed by atoms with E-state index in [9.17, 15) is 9.59 Å². The molecule has 0 saturated carbocycles. The molecule has 2 rings (SSSR count). The molecule has 0 spiro atoms. The smallest absolute Gasteiger partial charge is 0.257 e. The van der Waals surface area contributed by atoms with Crippen LogP contribution in [0.2, 0.25) is 0 Å². The fourth-order valence-electron chi connectivity index (χ4n) is 1.99. The maximum Gasteiger partial charge on any atom is 0.257 e. The normalized spacial score (nSPS) is 12.6. The number of hydrogen-bond acceptors (Lipinski definition) is 5. The fourth-order valence-corrected chi connectivity index (χ4v) is 2.64. The van der Waals surface area contributed by atoms with Gasteiger partial charge in [-0.1, -0.05) is 37.7 Å². The molecule has 21 heavy (non-hydrogen) atoms. The average molecular weight is 306 g/mol. The number of nitrogens with one attached hydrogen (secondary N) is 1. The fraction of sp³-hybridized carbons (Fsp3) is 0.400. The van der Waals surface area contributed by atoms with Gasteiger partial charge >= 0.3 is 0 Å². The van der Waals surface area contributed by atoms with Crippen LogP contribution >= 0.6 is 11.8 Å². The molecule has 0 aliphatic carbocycles. The number of Topliss-reactive ketones (excluding diaryl/α,β-unsaturated/α-hetero) is 1. The number of benzene rings is 1. The molecule has 1 aromatic heterocycles. The largest absolute Gasteiger partial charge is 0.431 e. The second-order valence-corrected chi connectivity index (χ2v) is 6.06. The minimum absolute atomic E-state index is 0.0368. The zero-order valence-electron chi connectivity index (χ0n) is 12.3. The number of carbonyl (C=O) groups excluding carboxylic acids is 2. The van der Waals surface area contributed by atoms with Crippen LogP contribution in [0.1, 0.15) is 20.8 Å². The predicted molar refractivity (Wildman–Crippen MR) is 82.2 cm³/mol. The van der Waals surface area contributed by atoms with Crippen molar-refractivity contribution in [3.8, 4) is 0 Å². The maximum atomic E-state index is 11.9. The topological polar surface area (TPSA) is 72.2 Å². The molecule has 1 unspecified atom stereocenters. The summed E-state index contributed by atoms with van der Waals surface area (Å²) in [6.45, 7) is 5.29. The summed E-state index contributed by atoms with van der Waals surface area (Å²) in [7, 11) is 0. The maximum absolute atomic E-state index is 11.9. The van der Waals surface area contributed by atoms with E-state index in [1.807, 2.05) is 38.1 Å². The van der Waals surface area contributed by atoms with Gasteiger partial charge < -0.3 is 9.73 Å². The van der Waals surface area contributed by atoms with Crippen LogP contribution < -0.4 is 5.32 Å². The molecular weight excluding hydrogens is 288 g/mol. The van der Waals surface area contributed by atoms with Crippen molar-refractivity contribution in [3.05, 3.63) is 24.3 Å². The molecule has 0 saturated heterocycles. The van der Waals surface area contributed by atoms with E-state index in [0.717, 1.165) is 5.52 Å². The van der Waals surface area contributed by atoms with Crippen molar-refractivity contribution in [1.29, 1.82) is 0 Å². The molecule has 5 nitrogen and oxygen atoms in total. The second kappa shape index (κ2) is 6.76. The minimum atomic E-state index is -0.443. The van der Waals surface area contributed by atoms with E-state index < -0.39 is 6.04 Å². The van der Waals surface area contributed by atoms with E-state index in [0.29, 0.717) is 10.8 Å². The van der Waals surface area contributed by atoms with Crippen molar-refractivity contribution >= 4 is 34.6 Å². The molecule has 112 valence electrons. The molecule has 1 atom stereocenters. The zero-order chi connectivity index (χ0) is 15.4. The van der Waals surface area contributed by atoms with Gasteiger partial charge in [0, 0.05) is 0 Å². The van der Waals surface area contributed by atoms with Crippen molar-refractivity contribution in [2.24, 2.45) is 5.92 Å². The number of thioether (sulfide) groups is 1. The number of rotatable bonds is 6. The highest BCUT2D eigenvalue weighted by atomic mass is 32.2. The molecule has 2 aromatic rings. The van der Waals surface area contributed by atoms with Crippen LogP contribution in [0.5, 0.6) is 0 Å². The summed E-state index contributed by atoms with van der Waals surface area (Å²) in [6, 6.07) is 6.99. The lowest BCUT2D eigenvalue weighted by Crippen LogP contribution is -2.44. The van der Waals surface area contributed by atoms with E-state index in [1.165, 1.54) is 18.7 Å². The lowest BCUT2D eigenvalue weighted by atomic mass is 10.0. The first-order chi connectivity index (χ1) is 9.97. The number of nitrogens with zero attached hydrogens (tertiary/aromatic N) is 1. The summed E-state index contributed by atoms with van der Waals surface area (Å²) in [5, 5.41) is 3.20. The van der Waals surface area contributed by atoms with Gasteiger partial charge in [-0.3, -0.25) is 9.59 Å². The van der Waals surface area contributed by atoms with Crippen molar-refractivity contribution in [2.45, 2.75) is 32.0 Å². The number of carbonyl (C=O) groups is 2. The number of fused-ring (bicyclic) bond motifs is 1. The van der Waals surface area contributed by atoms with E-state index in [-0.39, 0.29) is 23.4 Å². The van der Waals surface area contributed by atoms with Crippen LogP contribution in [0.4, 0.5) is 0 Å². The number of para-hydroxylation sites is 2. The third-order valence-corrected chi connectivity index (χ3v) is 3.85. The molecule has 6 heteroatoms. The van der Waals surface area contributed by atoms with Gasteiger partial charge in [0.25, 0.3) is 5.22 Å². The third-order valence-electron chi connectivity index (χ3n) is 3.02. The van der Waals surface area contributed by atoms with Crippen LogP contribution in [-0.4, -0.2) is 28.5 Å². The van der Waals surface area contributed by atoms with E-state index in [2.05, 4.69) is 10.3 Å². The average Bonchev–Trinajstić information content (AvgIpc) is 2.84. The Balaban J connectivity index is 1.93. The summed E-state index contributed by atoms with van der Waals surface area (Å²) in [5.74, 6) is 0.00528. The Bertz CT molecular complexity index is 618. The summed E-state index contributed by atoms with van der Waals surface area (Å²) >= 11 is 1.22. The number of hydrogen-bond donors (Lipinski definition) is 1. The number of aromatic nitrogens is 1. The van der Waals surface area contributed by atoms with Crippen molar-refractivity contribution < 1.29 is 14.0 Å². The quantitative estimate of drug-likeness (QED) is 0.831. The van der Waals surface area contributed by atoms with Gasteiger partial charge in [0.15, 0.2) is 11.4 Å². The standard InChI is InChI=1S/C15H18N2O3S/c1-9(2)14(10(3)18)17-13(19)8-21-15-16-11-6-4-5-7-12(11)20-15/h4-7,9,14H,8H2,1-3H3,(H,17,19). The molecule has 0 fully saturated rings. The minimum Gasteiger partial charge on any atom is -0.431 e. The number of ketones is 1. The molecule has 0 aliphatic rings. The summed E-state index contributed by atoms with van der Waals surface area (Å²) < 4.78 is 5.52. The predicted octanol–water partition coefficient (Wildman–Crippen LogP) is 2.65. The molecule has 0 bridgehead atoms. The van der Waals surface area contributed by atoms with E-state index in [4.69, 9.17) is 4.42 Å². The Morgan fingerprint density at radius 2 is 2.05 bits per heavy atom. The molecule has 1 N–H and O–H groups in total. The first-order valence-corrected chi connectivity index (χ1v) is 7.74. The summed E-state index contributed by atoms with van der Waals surface area (Å²) in [5.41, 5.74) is 1.47. The molecule has 0 aliphatic heterocycles. The molecule has 1 heterocycles. The van der Waals surface area contributed by atoms with Gasteiger partial charge in [0.2, 0.25) is 5.91 Å². The van der Waals surface area contributed by atoms with Crippen LogP contribution in [0.15, 0.2) is 33.9 Å². The summed E-state index contributed by atoms with van der Waals surface area (Å²) in [6.07, 6.45) is 0. The Labute approximate surface area is 127 Å². The third kappa shape index (κ3) is 4.07. The zero-order valence-corrected chi connectivity index (χ0v) is 13.1. The number of oxazole rings is 1.